The zero-order valence-corrected chi connectivity index (χ0v) is 13.8. The van der Waals surface area contributed by atoms with Gasteiger partial charge in [-0.05, 0) is 36.8 Å². The molecule has 1 atom stereocenters. The van der Waals surface area contributed by atoms with Crippen molar-refractivity contribution < 1.29 is 14.8 Å². The summed E-state index contributed by atoms with van der Waals surface area (Å²) in [5, 5.41) is 23.4. The highest BCUT2D eigenvalue weighted by Gasteiger charge is 2.07. The van der Waals surface area contributed by atoms with Gasteiger partial charge in [-0.3, -0.25) is 15.1 Å². The Labute approximate surface area is 145 Å². The van der Waals surface area contributed by atoms with Crippen molar-refractivity contribution in [3.63, 3.8) is 0 Å². The third-order valence-corrected chi connectivity index (χ3v) is 3.25. The van der Waals surface area contributed by atoms with Crippen LogP contribution in [0.25, 0.3) is 0 Å². The summed E-state index contributed by atoms with van der Waals surface area (Å²) in [6, 6.07) is 13.3. The number of nitrogens with one attached hydrogen (secondary N) is 1. The van der Waals surface area contributed by atoms with Crippen LogP contribution in [0, 0.1) is 17.0 Å². The van der Waals surface area contributed by atoms with E-state index in [1.807, 2.05) is 31.2 Å². The summed E-state index contributed by atoms with van der Waals surface area (Å²) in [6.07, 6.45) is -0.854. The highest BCUT2D eigenvalue weighted by molar-refractivity contribution is 5.92. The van der Waals surface area contributed by atoms with Crippen molar-refractivity contribution in [1.82, 2.24) is 0 Å². The van der Waals surface area contributed by atoms with Crippen LogP contribution < -0.4 is 15.8 Å². The van der Waals surface area contributed by atoms with Gasteiger partial charge in [0.05, 0.1) is 11.5 Å². The lowest BCUT2D eigenvalue weighted by molar-refractivity contribution is -0.384. The normalized spacial score (nSPS) is 12.5. The number of nitrogens with zero attached hydrogens (tertiary/aromatic N) is 2. The number of non-ortho nitro benzene ring substituents is 1. The Morgan fingerprint density at radius 2 is 2.08 bits per heavy atom. The van der Waals surface area contributed by atoms with Crippen molar-refractivity contribution in [1.29, 1.82) is 0 Å². The third-order valence-electron chi connectivity index (χ3n) is 3.25. The summed E-state index contributed by atoms with van der Waals surface area (Å²) in [4.78, 5) is 14.1. The molecule has 1 unspecified atom stereocenters. The number of anilines is 1. The number of aliphatic hydroxyl groups excluding tert-OH is 1. The maximum absolute atomic E-state index is 10.6. The highest BCUT2D eigenvalue weighted by atomic mass is 16.6. The van der Waals surface area contributed by atoms with Crippen molar-refractivity contribution >= 4 is 17.3 Å². The van der Waals surface area contributed by atoms with Gasteiger partial charge in [0.1, 0.15) is 18.5 Å². The molecule has 4 N–H and O–H groups in total. The Hall–Kier alpha value is -3.13. The van der Waals surface area contributed by atoms with Gasteiger partial charge in [0.15, 0.2) is 5.96 Å². The molecular formula is C17H20N4O4. The average Bonchev–Trinajstić information content (AvgIpc) is 2.58. The first kappa shape index (κ1) is 18.2. The van der Waals surface area contributed by atoms with Crippen LogP contribution in [0.2, 0.25) is 0 Å². The fourth-order valence-corrected chi connectivity index (χ4v) is 2.02. The number of benzene rings is 2. The van der Waals surface area contributed by atoms with E-state index in [9.17, 15) is 15.2 Å². The van der Waals surface area contributed by atoms with Gasteiger partial charge in [0, 0.05) is 17.8 Å². The van der Waals surface area contributed by atoms with Crippen LogP contribution in [-0.2, 0) is 0 Å². The summed E-state index contributed by atoms with van der Waals surface area (Å²) in [7, 11) is 0. The third kappa shape index (κ3) is 6.11. The standard InChI is InChI=1S/C17H20N4O4/c1-12-3-2-4-13(9-12)20-17(18)19-10-15(22)11-25-16-7-5-14(6-8-16)21(23)24/h2-9,15,22H,10-11H2,1H3,(H3,18,19,20). The Kier molecular flexibility index (Phi) is 6.30. The molecule has 2 aromatic carbocycles. The van der Waals surface area contributed by atoms with Crippen molar-refractivity contribution in [2.45, 2.75) is 13.0 Å². The molecule has 0 aliphatic carbocycles. The highest BCUT2D eigenvalue weighted by Crippen LogP contribution is 2.17. The molecule has 8 nitrogen and oxygen atoms in total. The molecule has 0 saturated carbocycles. The average molecular weight is 344 g/mol. The summed E-state index contributed by atoms with van der Waals surface area (Å²) in [5.74, 6) is 0.625. The smallest absolute Gasteiger partial charge is 0.269 e. The SMILES string of the molecule is Cc1cccc(NC(N)=NCC(O)COc2ccc([N+](=O)[O-])cc2)c1. The molecule has 0 heterocycles. The molecule has 0 aliphatic rings. The minimum Gasteiger partial charge on any atom is -0.491 e. The van der Waals surface area contributed by atoms with E-state index in [0.29, 0.717) is 5.75 Å². The summed E-state index contributed by atoms with van der Waals surface area (Å²) in [6.45, 7) is 2.04. The maximum Gasteiger partial charge on any atom is 0.269 e. The molecule has 2 rings (SSSR count). The molecule has 0 fully saturated rings. The van der Waals surface area contributed by atoms with Gasteiger partial charge < -0.3 is 20.9 Å². The lowest BCUT2D eigenvalue weighted by atomic mass is 10.2. The molecule has 0 amide bonds. The number of nitro groups is 1. The zero-order valence-electron chi connectivity index (χ0n) is 13.8. The minimum absolute atomic E-state index is 0.000956. The van der Waals surface area contributed by atoms with Crippen LogP contribution in [0.1, 0.15) is 5.56 Å². The fourth-order valence-electron chi connectivity index (χ4n) is 2.02. The van der Waals surface area contributed by atoms with Gasteiger partial charge in [-0.15, -0.1) is 0 Å². The maximum atomic E-state index is 10.6. The number of aliphatic imine (C=N–C) groups is 1. The van der Waals surface area contributed by atoms with Crippen LogP contribution in [0.5, 0.6) is 5.75 Å². The Bertz CT molecular complexity index is 747. The van der Waals surface area contributed by atoms with E-state index in [2.05, 4.69) is 10.3 Å². The van der Waals surface area contributed by atoms with Crippen molar-refractivity contribution in [2.75, 3.05) is 18.5 Å². The number of guanidine groups is 1. The number of aliphatic hydroxyl groups is 1. The molecule has 25 heavy (non-hydrogen) atoms. The van der Waals surface area contributed by atoms with Crippen molar-refractivity contribution in [2.24, 2.45) is 10.7 Å². The molecule has 0 spiro atoms. The molecule has 0 radical (unpaired) electrons. The second kappa shape index (κ2) is 8.65. The first-order valence-corrected chi connectivity index (χ1v) is 7.63. The fraction of sp³-hybridized carbons (Fsp3) is 0.235. The number of hydrogen-bond donors (Lipinski definition) is 3. The van der Waals surface area contributed by atoms with Gasteiger partial charge in [-0.25, -0.2) is 0 Å². The van der Waals surface area contributed by atoms with E-state index in [1.54, 1.807) is 0 Å². The molecule has 0 saturated heterocycles. The zero-order chi connectivity index (χ0) is 18.2. The Balaban J connectivity index is 1.79. The van der Waals surface area contributed by atoms with Crippen molar-refractivity contribution in [3.05, 3.63) is 64.2 Å². The molecule has 132 valence electrons. The van der Waals surface area contributed by atoms with Crippen LogP contribution in [0.15, 0.2) is 53.5 Å². The van der Waals surface area contributed by atoms with Gasteiger partial charge in [-0.2, -0.15) is 0 Å². The lowest BCUT2D eigenvalue weighted by Crippen LogP contribution is -2.27. The van der Waals surface area contributed by atoms with Gasteiger partial charge in [-0.1, -0.05) is 12.1 Å². The molecule has 0 bridgehead atoms. The molecule has 8 heteroatoms. The Morgan fingerprint density at radius 1 is 1.36 bits per heavy atom. The largest absolute Gasteiger partial charge is 0.491 e. The second-order valence-electron chi connectivity index (χ2n) is 5.44. The van der Waals surface area contributed by atoms with E-state index in [1.165, 1.54) is 24.3 Å². The lowest BCUT2D eigenvalue weighted by Gasteiger charge is -2.11. The predicted molar refractivity (Wildman–Crippen MR) is 95.9 cm³/mol. The summed E-state index contributed by atoms with van der Waals surface area (Å²) in [5.41, 5.74) is 7.67. The van der Waals surface area contributed by atoms with Crippen molar-refractivity contribution in [3.8, 4) is 5.75 Å². The van der Waals surface area contributed by atoms with Crippen LogP contribution in [0.4, 0.5) is 11.4 Å². The van der Waals surface area contributed by atoms with Crippen LogP contribution in [0.3, 0.4) is 0 Å². The molecule has 0 aromatic heterocycles. The monoisotopic (exact) mass is 344 g/mol. The van der Waals surface area contributed by atoms with E-state index in [0.717, 1.165) is 11.3 Å². The summed E-state index contributed by atoms with van der Waals surface area (Å²) < 4.78 is 5.37. The topological polar surface area (TPSA) is 123 Å². The van der Waals surface area contributed by atoms with Gasteiger partial charge in [0.25, 0.3) is 5.69 Å². The second-order valence-corrected chi connectivity index (χ2v) is 5.44. The van der Waals surface area contributed by atoms with Gasteiger partial charge in [0.2, 0.25) is 0 Å². The molecule has 2 aromatic rings. The quantitative estimate of drug-likeness (QED) is 0.306. The van der Waals surface area contributed by atoms with E-state index in [4.69, 9.17) is 10.5 Å². The number of nitrogens with two attached hydrogens (primary N) is 1. The Morgan fingerprint density at radius 3 is 2.72 bits per heavy atom. The molecular weight excluding hydrogens is 324 g/mol. The van der Waals surface area contributed by atoms with E-state index in [-0.39, 0.29) is 24.8 Å². The predicted octanol–water partition coefficient (Wildman–Crippen LogP) is 2.07. The van der Waals surface area contributed by atoms with Crippen LogP contribution in [-0.4, -0.2) is 35.2 Å². The number of hydrogen-bond acceptors (Lipinski definition) is 5. The minimum atomic E-state index is -0.854. The number of nitro benzene ring substituents is 1. The van der Waals surface area contributed by atoms with E-state index < -0.39 is 11.0 Å². The number of rotatable bonds is 7. The van der Waals surface area contributed by atoms with Gasteiger partial charge >= 0.3 is 0 Å². The molecule has 0 aliphatic heterocycles. The van der Waals surface area contributed by atoms with Crippen LogP contribution >= 0.6 is 0 Å². The number of aryl methyl sites for hydroxylation is 1. The number of ether oxygens (including phenoxy) is 1. The first-order valence-electron chi connectivity index (χ1n) is 7.63. The first-order chi connectivity index (χ1) is 11.9. The van der Waals surface area contributed by atoms with E-state index >= 15 is 0 Å². The summed E-state index contributed by atoms with van der Waals surface area (Å²) >= 11 is 0.